The van der Waals surface area contributed by atoms with Crippen LogP contribution in [-0.4, -0.2) is 5.78 Å². The largest absolute Gasteiger partial charge is 0.294 e. The number of ketones is 1. The van der Waals surface area contributed by atoms with E-state index in [0.717, 1.165) is 24.8 Å². The number of benzene rings is 1. The fourth-order valence-electron chi connectivity index (χ4n) is 2.01. The van der Waals surface area contributed by atoms with Crippen LogP contribution in [0.4, 0.5) is 0 Å². The van der Waals surface area contributed by atoms with Crippen LogP contribution in [-0.2, 0) is 6.42 Å². The van der Waals surface area contributed by atoms with Crippen molar-refractivity contribution in [1.29, 1.82) is 0 Å². The van der Waals surface area contributed by atoms with Gasteiger partial charge in [-0.25, -0.2) is 0 Å². The zero-order valence-corrected chi connectivity index (χ0v) is 9.92. The number of carbonyl (C=O) groups is 1. The van der Waals surface area contributed by atoms with E-state index in [-0.39, 0.29) is 0 Å². The summed E-state index contributed by atoms with van der Waals surface area (Å²) in [6, 6.07) is 7.99. The maximum absolute atomic E-state index is 11.7. The SMILES string of the molecule is CC.CCC1CC(=O)c2ccccc2C1. The molecule has 0 saturated heterocycles. The van der Waals surface area contributed by atoms with Crippen molar-refractivity contribution >= 4 is 5.78 Å². The van der Waals surface area contributed by atoms with E-state index < -0.39 is 0 Å². The van der Waals surface area contributed by atoms with Crippen molar-refractivity contribution in [3.63, 3.8) is 0 Å². The Balaban J connectivity index is 0.000000531. The molecule has 0 amide bonds. The average molecular weight is 204 g/mol. The Kier molecular flexibility index (Phi) is 4.54. The molecule has 1 aromatic rings. The highest BCUT2D eigenvalue weighted by molar-refractivity contribution is 5.98. The fourth-order valence-corrected chi connectivity index (χ4v) is 2.01. The molecule has 0 saturated carbocycles. The lowest BCUT2D eigenvalue weighted by atomic mass is 9.82. The van der Waals surface area contributed by atoms with Gasteiger partial charge in [-0.3, -0.25) is 4.79 Å². The highest BCUT2D eigenvalue weighted by atomic mass is 16.1. The molecular weight excluding hydrogens is 184 g/mol. The first-order chi connectivity index (χ1) is 7.31. The molecule has 0 spiro atoms. The van der Waals surface area contributed by atoms with Crippen molar-refractivity contribution in [3.05, 3.63) is 35.4 Å². The molecule has 0 bridgehead atoms. The summed E-state index contributed by atoms with van der Waals surface area (Å²) in [6.45, 7) is 6.16. The van der Waals surface area contributed by atoms with Gasteiger partial charge >= 0.3 is 0 Å². The van der Waals surface area contributed by atoms with Crippen molar-refractivity contribution in [3.8, 4) is 0 Å². The summed E-state index contributed by atoms with van der Waals surface area (Å²) in [5.74, 6) is 0.899. The fraction of sp³-hybridized carbons (Fsp3) is 0.500. The molecule has 0 radical (unpaired) electrons. The van der Waals surface area contributed by atoms with Crippen molar-refractivity contribution in [2.45, 2.75) is 40.0 Å². The van der Waals surface area contributed by atoms with Gasteiger partial charge in [-0.1, -0.05) is 51.5 Å². The third-order valence-electron chi connectivity index (χ3n) is 2.88. The average Bonchev–Trinajstić information content (AvgIpc) is 2.31. The van der Waals surface area contributed by atoms with Gasteiger partial charge in [0.1, 0.15) is 0 Å². The first-order valence-corrected chi connectivity index (χ1v) is 5.92. The summed E-state index contributed by atoms with van der Waals surface area (Å²) in [5, 5.41) is 0. The normalized spacial score (nSPS) is 18.9. The molecule has 0 aromatic heterocycles. The molecule has 2 rings (SSSR count). The van der Waals surface area contributed by atoms with Gasteiger partial charge in [0.05, 0.1) is 0 Å². The van der Waals surface area contributed by atoms with Gasteiger partial charge in [-0.2, -0.15) is 0 Å². The van der Waals surface area contributed by atoms with Gasteiger partial charge in [0.15, 0.2) is 5.78 Å². The van der Waals surface area contributed by atoms with E-state index in [1.54, 1.807) is 0 Å². The molecule has 82 valence electrons. The van der Waals surface area contributed by atoms with E-state index >= 15 is 0 Å². The zero-order chi connectivity index (χ0) is 11.3. The number of hydrogen-bond donors (Lipinski definition) is 0. The Morgan fingerprint density at radius 1 is 1.20 bits per heavy atom. The number of hydrogen-bond acceptors (Lipinski definition) is 1. The minimum absolute atomic E-state index is 0.328. The molecule has 0 heterocycles. The third kappa shape index (κ3) is 2.68. The molecule has 1 aliphatic carbocycles. The molecule has 0 N–H and O–H groups in total. The zero-order valence-electron chi connectivity index (χ0n) is 9.92. The second-order valence-electron chi connectivity index (χ2n) is 3.76. The lowest BCUT2D eigenvalue weighted by molar-refractivity contribution is 0.0947. The van der Waals surface area contributed by atoms with Gasteiger partial charge in [-0.05, 0) is 17.9 Å². The first kappa shape index (κ1) is 12.0. The first-order valence-electron chi connectivity index (χ1n) is 5.92. The molecule has 1 aliphatic rings. The van der Waals surface area contributed by atoms with E-state index in [1.807, 2.05) is 32.0 Å². The molecular formula is C14H20O. The van der Waals surface area contributed by atoms with E-state index in [4.69, 9.17) is 0 Å². The van der Waals surface area contributed by atoms with Crippen molar-refractivity contribution in [2.24, 2.45) is 5.92 Å². The molecule has 1 unspecified atom stereocenters. The van der Waals surface area contributed by atoms with E-state index in [1.165, 1.54) is 5.56 Å². The van der Waals surface area contributed by atoms with E-state index in [0.29, 0.717) is 11.7 Å². The predicted octanol–water partition coefficient (Wildman–Crippen LogP) is 3.87. The van der Waals surface area contributed by atoms with Crippen LogP contribution >= 0.6 is 0 Å². The predicted molar refractivity (Wildman–Crippen MR) is 64.2 cm³/mol. The van der Waals surface area contributed by atoms with Gasteiger partial charge in [0, 0.05) is 12.0 Å². The monoisotopic (exact) mass is 204 g/mol. The van der Waals surface area contributed by atoms with E-state index in [2.05, 4.69) is 13.0 Å². The van der Waals surface area contributed by atoms with Crippen molar-refractivity contribution < 1.29 is 4.79 Å². The van der Waals surface area contributed by atoms with Crippen molar-refractivity contribution in [2.75, 3.05) is 0 Å². The smallest absolute Gasteiger partial charge is 0.163 e. The van der Waals surface area contributed by atoms with Crippen LogP contribution in [0.2, 0.25) is 0 Å². The number of fused-ring (bicyclic) bond motifs is 1. The minimum Gasteiger partial charge on any atom is -0.294 e. The van der Waals surface area contributed by atoms with Crippen LogP contribution in [0.5, 0.6) is 0 Å². The maximum Gasteiger partial charge on any atom is 0.163 e. The quantitative estimate of drug-likeness (QED) is 0.678. The molecule has 1 heteroatoms. The summed E-state index contributed by atoms with van der Waals surface area (Å²) < 4.78 is 0. The molecule has 0 aliphatic heterocycles. The summed E-state index contributed by atoms with van der Waals surface area (Å²) in [7, 11) is 0. The summed E-state index contributed by atoms with van der Waals surface area (Å²) in [5.41, 5.74) is 2.19. The Morgan fingerprint density at radius 3 is 2.53 bits per heavy atom. The highest BCUT2D eigenvalue weighted by Crippen LogP contribution is 2.26. The topological polar surface area (TPSA) is 17.1 Å². The molecule has 15 heavy (non-hydrogen) atoms. The van der Waals surface area contributed by atoms with Crippen molar-refractivity contribution in [1.82, 2.24) is 0 Å². The van der Waals surface area contributed by atoms with Gasteiger partial charge in [-0.15, -0.1) is 0 Å². The maximum atomic E-state index is 11.7. The standard InChI is InChI=1S/C12H14O.C2H6/c1-2-9-7-10-5-3-4-6-11(10)12(13)8-9;1-2/h3-6,9H,2,7-8H2,1H3;1-2H3. The van der Waals surface area contributed by atoms with Gasteiger partial charge < -0.3 is 0 Å². The Morgan fingerprint density at radius 2 is 1.87 bits per heavy atom. The Labute approximate surface area is 92.5 Å². The molecule has 0 fully saturated rings. The van der Waals surface area contributed by atoms with Crippen LogP contribution in [0.3, 0.4) is 0 Å². The Hall–Kier alpha value is -1.11. The molecule has 1 aromatic carbocycles. The Bertz CT molecular complexity index is 328. The lowest BCUT2D eigenvalue weighted by Gasteiger charge is -2.21. The lowest BCUT2D eigenvalue weighted by Crippen LogP contribution is -2.19. The second kappa shape index (κ2) is 5.69. The number of carbonyl (C=O) groups excluding carboxylic acids is 1. The summed E-state index contributed by atoms with van der Waals surface area (Å²) in [4.78, 5) is 11.7. The van der Waals surface area contributed by atoms with Crippen LogP contribution in [0.1, 0.15) is 49.5 Å². The highest BCUT2D eigenvalue weighted by Gasteiger charge is 2.22. The molecule has 1 nitrogen and oxygen atoms in total. The van der Waals surface area contributed by atoms with Gasteiger partial charge in [0.25, 0.3) is 0 Å². The van der Waals surface area contributed by atoms with Crippen LogP contribution < -0.4 is 0 Å². The van der Waals surface area contributed by atoms with Crippen LogP contribution in [0, 0.1) is 5.92 Å². The van der Waals surface area contributed by atoms with Crippen LogP contribution in [0.15, 0.2) is 24.3 Å². The minimum atomic E-state index is 0.328. The number of Topliss-reactive ketones (excluding diaryl/α,β-unsaturated/α-hetero) is 1. The summed E-state index contributed by atoms with van der Waals surface area (Å²) in [6.07, 6.45) is 2.94. The second-order valence-corrected chi connectivity index (χ2v) is 3.76. The molecule has 1 atom stereocenters. The summed E-state index contributed by atoms with van der Waals surface area (Å²) >= 11 is 0. The van der Waals surface area contributed by atoms with Crippen LogP contribution in [0.25, 0.3) is 0 Å². The number of rotatable bonds is 1. The van der Waals surface area contributed by atoms with Gasteiger partial charge in [0.2, 0.25) is 0 Å². The third-order valence-corrected chi connectivity index (χ3v) is 2.88. The van der Waals surface area contributed by atoms with E-state index in [9.17, 15) is 4.79 Å².